The first-order valence-corrected chi connectivity index (χ1v) is 8.96. The van der Waals surface area contributed by atoms with Crippen molar-refractivity contribution in [3.63, 3.8) is 0 Å². The van der Waals surface area contributed by atoms with E-state index in [9.17, 15) is 0 Å². The van der Waals surface area contributed by atoms with Gasteiger partial charge in [-0.3, -0.25) is 0 Å². The van der Waals surface area contributed by atoms with Crippen molar-refractivity contribution in [2.24, 2.45) is 11.3 Å². The molecular formula is C21H35N. The molecule has 1 N–H and O–H groups in total. The van der Waals surface area contributed by atoms with Crippen LogP contribution < -0.4 is 5.32 Å². The second-order valence-electron chi connectivity index (χ2n) is 9.51. The molecule has 0 radical (unpaired) electrons. The van der Waals surface area contributed by atoms with Crippen molar-refractivity contribution in [2.45, 2.75) is 85.2 Å². The fraction of sp³-hybridized carbons (Fsp3) is 0.714. The Morgan fingerprint density at radius 2 is 1.64 bits per heavy atom. The molecule has 0 amide bonds. The van der Waals surface area contributed by atoms with E-state index in [1.54, 1.807) is 0 Å². The van der Waals surface area contributed by atoms with Crippen LogP contribution in [0.25, 0.3) is 0 Å². The van der Waals surface area contributed by atoms with E-state index in [0.29, 0.717) is 5.41 Å². The lowest BCUT2D eigenvalue weighted by Crippen LogP contribution is -2.50. The van der Waals surface area contributed by atoms with E-state index in [2.05, 4.69) is 71.1 Å². The third kappa shape index (κ3) is 6.12. The summed E-state index contributed by atoms with van der Waals surface area (Å²) < 4.78 is 0. The fourth-order valence-corrected chi connectivity index (χ4v) is 3.40. The second kappa shape index (κ2) is 6.74. The van der Waals surface area contributed by atoms with Crippen LogP contribution in [0.4, 0.5) is 0 Å². The molecule has 124 valence electrons. The summed E-state index contributed by atoms with van der Waals surface area (Å²) in [7, 11) is 0. The average Bonchev–Trinajstić information content (AvgIpc) is 2.32. The van der Waals surface area contributed by atoms with Gasteiger partial charge in [0, 0.05) is 11.6 Å². The van der Waals surface area contributed by atoms with Gasteiger partial charge < -0.3 is 5.32 Å². The molecule has 2 rings (SSSR count). The summed E-state index contributed by atoms with van der Waals surface area (Å²) in [5.74, 6) is 0.873. The van der Waals surface area contributed by atoms with Gasteiger partial charge in [-0.25, -0.2) is 0 Å². The summed E-state index contributed by atoms with van der Waals surface area (Å²) in [4.78, 5) is 0. The first kappa shape index (κ1) is 17.5. The molecule has 0 aliphatic heterocycles. The fourth-order valence-electron chi connectivity index (χ4n) is 3.40. The Bertz CT molecular complexity index is 469. The second-order valence-corrected chi connectivity index (χ2v) is 9.51. The molecule has 0 bridgehead atoms. The van der Waals surface area contributed by atoms with Gasteiger partial charge in [0.05, 0.1) is 0 Å². The monoisotopic (exact) mass is 301 g/mol. The number of aryl methyl sites for hydroxylation is 1. The van der Waals surface area contributed by atoms with Crippen molar-refractivity contribution in [3.05, 3.63) is 35.4 Å². The van der Waals surface area contributed by atoms with Gasteiger partial charge in [-0.2, -0.15) is 0 Å². The van der Waals surface area contributed by atoms with Crippen LogP contribution in [0.5, 0.6) is 0 Å². The summed E-state index contributed by atoms with van der Waals surface area (Å²) in [5, 5.41) is 3.72. The number of nitrogens with one attached hydrogen (secondary N) is 1. The molecule has 0 saturated heterocycles. The van der Waals surface area contributed by atoms with Crippen LogP contribution >= 0.6 is 0 Å². The van der Waals surface area contributed by atoms with Gasteiger partial charge >= 0.3 is 0 Å². The Kier molecular flexibility index (Phi) is 5.37. The predicted molar refractivity (Wildman–Crippen MR) is 97.3 cm³/mol. The van der Waals surface area contributed by atoms with Gasteiger partial charge in [-0.05, 0) is 75.3 Å². The van der Waals surface area contributed by atoms with Crippen molar-refractivity contribution in [1.82, 2.24) is 5.32 Å². The molecular weight excluding hydrogens is 266 g/mol. The zero-order chi connectivity index (χ0) is 16.4. The molecule has 1 aliphatic rings. The predicted octanol–water partition coefficient (Wildman–Crippen LogP) is 5.37. The van der Waals surface area contributed by atoms with Crippen molar-refractivity contribution in [1.29, 1.82) is 0 Å². The maximum Gasteiger partial charge on any atom is 0.00991 e. The zero-order valence-corrected chi connectivity index (χ0v) is 15.5. The third-order valence-corrected chi connectivity index (χ3v) is 4.55. The summed E-state index contributed by atoms with van der Waals surface area (Å²) >= 11 is 0. The smallest absolute Gasteiger partial charge is 0.00991 e. The summed E-state index contributed by atoms with van der Waals surface area (Å²) in [5.41, 5.74) is 3.72. The van der Waals surface area contributed by atoms with E-state index in [-0.39, 0.29) is 5.54 Å². The largest absolute Gasteiger partial charge is 0.309 e. The van der Waals surface area contributed by atoms with Crippen LogP contribution in [0, 0.1) is 11.3 Å². The lowest BCUT2D eigenvalue weighted by molar-refractivity contribution is 0.185. The minimum atomic E-state index is 0.252. The lowest BCUT2D eigenvalue weighted by Gasteiger charge is -2.40. The van der Waals surface area contributed by atoms with E-state index in [1.165, 1.54) is 43.2 Å². The molecule has 22 heavy (non-hydrogen) atoms. The Labute approximate surface area is 137 Å². The van der Waals surface area contributed by atoms with Crippen molar-refractivity contribution < 1.29 is 0 Å². The van der Waals surface area contributed by atoms with Crippen LogP contribution in [-0.2, 0) is 12.8 Å². The Morgan fingerprint density at radius 3 is 2.23 bits per heavy atom. The molecule has 0 spiro atoms. The lowest BCUT2D eigenvalue weighted by atomic mass is 9.75. The normalized spacial score (nSPS) is 22.5. The molecule has 0 unspecified atom stereocenters. The highest BCUT2D eigenvalue weighted by Gasteiger charge is 2.31. The maximum absolute atomic E-state index is 3.72. The minimum absolute atomic E-state index is 0.252. The Morgan fingerprint density at radius 1 is 1.00 bits per heavy atom. The van der Waals surface area contributed by atoms with Crippen molar-refractivity contribution in [2.75, 3.05) is 0 Å². The molecule has 1 saturated carbocycles. The highest BCUT2D eigenvalue weighted by atomic mass is 15.0. The standard InChI is InChI=1S/C21H35N/c1-20(2,3)11-10-16-8-7-9-17(12-16)13-18-14-19(15-18)22-21(4,5)6/h7-9,12,18-19,22H,10-11,13-15H2,1-6H3. The summed E-state index contributed by atoms with van der Waals surface area (Å²) in [6, 6.07) is 10.0. The maximum atomic E-state index is 3.72. The molecule has 1 heteroatoms. The summed E-state index contributed by atoms with van der Waals surface area (Å²) in [6.45, 7) is 13.8. The SMILES string of the molecule is CC(C)(C)CCc1cccc(CC2CC(NC(C)(C)C)C2)c1. The van der Waals surface area contributed by atoms with Gasteiger partial charge in [-0.15, -0.1) is 0 Å². The quantitative estimate of drug-likeness (QED) is 0.770. The average molecular weight is 302 g/mol. The first-order chi connectivity index (χ1) is 10.1. The topological polar surface area (TPSA) is 12.0 Å². The number of hydrogen-bond donors (Lipinski definition) is 1. The van der Waals surface area contributed by atoms with Crippen LogP contribution in [0.15, 0.2) is 24.3 Å². The summed E-state index contributed by atoms with van der Waals surface area (Å²) in [6.07, 6.45) is 6.40. The molecule has 1 aromatic carbocycles. The highest BCUT2D eigenvalue weighted by Crippen LogP contribution is 2.32. The third-order valence-electron chi connectivity index (χ3n) is 4.55. The molecule has 1 aliphatic carbocycles. The van der Waals surface area contributed by atoms with E-state index in [0.717, 1.165) is 12.0 Å². The zero-order valence-electron chi connectivity index (χ0n) is 15.5. The Balaban J connectivity index is 1.80. The van der Waals surface area contributed by atoms with E-state index < -0.39 is 0 Å². The van der Waals surface area contributed by atoms with Crippen molar-refractivity contribution in [3.8, 4) is 0 Å². The van der Waals surface area contributed by atoms with Gasteiger partial charge in [0.15, 0.2) is 0 Å². The molecule has 0 heterocycles. The first-order valence-electron chi connectivity index (χ1n) is 8.96. The molecule has 1 nitrogen and oxygen atoms in total. The molecule has 0 atom stereocenters. The van der Waals surface area contributed by atoms with Crippen LogP contribution in [-0.4, -0.2) is 11.6 Å². The van der Waals surface area contributed by atoms with Crippen LogP contribution in [0.1, 0.15) is 71.9 Å². The number of hydrogen-bond acceptors (Lipinski definition) is 1. The van der Waals surface area contributed by atoms with E-state index in [1.807, 2.05) is 0 Å². The van der Waals surface area contributed by atoms with Crippen molar-refractivity contribution >= 4 is 0 Å². The van der Waals surface area contributed by atoms with Crippen LogP contribution in [0.2, 0.25) is 0 Å². The van der Waals surface area contributed by atoms with E-state index >= 15 is 0 Å². The van der Waals surface area contributed by atoms with Gasteiger partial charge in [0.1, 0.15) is 0 Å². The van der Waals surface area contributed by atoms with Gasteiger partial charge in [-0.1, -0.05) is 45.0 Å². The molecule has 1 aromatic rings. The number of rotatable bonds is 5. The molecule has 0 aromatic heterocycles. The molecule has 1 fully saturated rings. The highest BCUT2D eigenvalue weighted by molar-refractivity contribution is 5.24. The Hall–Kier alpha value is -0.820. The van der Waals surface area contributed by atoms with Gasteiger partial charge in [0.2, 0.25) is 0 Å². The van der Waals surface area contributed by atoms with Gasteiger partial charge in [0.25, 0.3) is 0 Å². The number of benzene rings is 1. The van der Waals surface area contributed by atoms with Crippen LogP contribution in [0.3, 0.4) is 0 Å². The minimum Gasteiger partial charge on any atom is -0.309 e. The van der Waals surface area contributed by atoms with E-state index in [4.69, 9.17) is 0 Å².